The summed E-state index contributed by atoms with van der Waals surface area (Å²) in [7, 11) is -3.64. The Labute approximate surface area is 257 Å². The SMILES string of the molecule is COC(C=C1CCC[C@@]2(C)C1CCC2[C@H](C)COS(=O)(=O)c1ccc(C)cc1)C12CC1C[C@H](O[Si](C)(C)C(C)(C)C)C2. The Balaban J connectivity index is 1.26. The van der Waals surface area contributed by atoms with E-state index in [0.29, 0.717) is 23.9 Å². The van der Waals surface area contributed by atoms with Crippen molar-refractivity contribution in [3.63, 3.8) is 0 Å². The van der Waals surface area contributed by atoms with Crippen LogP contribution in [0.25, 0.3) is 0 Å². The van der Waals surface area contributed by atoms with Gasteiger partial charge in [0.2, 0.25) is 0 Å². The molecule has 236 valence electrons. The molecule has 0 radical (unpaired) electrons. The third kappa shape index (κ3) is 5.99. The second-order valence-electron chi connectivity index (χ2n) is 16.1. The van der Waals surface area contributed by atoms with Crippen molar-refractivity contribution < 1.29 is 21.8 Å². The van der Waals surface area contributed by atoms with Crippen molar-refractivity contribution in [3.05, 3.63) is 41.5 Å². The predicted octanol–water partition coefficient (Wildman–Crippen LogP) is 8.68. The molecule has 42 heavy (non-hydrogen) atoms. The van der Waals surface area contributed by atoms with Crippen LogP contribution in [0.1, 0.15) is 91.5 Å². The second-order valence-corrected chi connectivity index (χ2v) is 22.5. The molecule has 5 nitrogen and oxygen atoms in total. The van der Waals surface area contributed by atoms with E-state index in [2.05, 4.69) is 53.8 Å². The van der Waals surface area contributed by atoms with Crippen LogP contribution in [0.5, 0.6) is 0 Å². The third-order valence-corrected chi connectivity index (χ3v) is 18.2. The minimum absolute atomic E-state index is 0.160. The van der Waals surface area contributed by atoms with E-state index in [-0.39, 0.29) is 39.4 Å². The minimum atomic E-state index is -3.75. The highest BCUT2D eigenvalue weighted by Crippen LogP contribution is 2.68. The van der Waals surface area contributed by atoms with Crippen molar-refractivity contribution in [2.24, 2.45) is 34.5 Å². The highest BCUT2D eigenvalue weighted by Gasteiger charge is 2.65. The fraction of sp³-hybridized carbons (Fsp3) is 0.771. The van der Waals surface area contributed by atoms with Crippen LogP contribution in [-0.4, -0.2) is 42.7 Å². The Morgan fingerprint density at radius 2 is 1.81 bits per heavy atom. The zero-order valence-electron chi connectivity index (χ0n) is 27.7. The first kappa shape index (κ1) is 32.4. The van der Waals surface area contributed by atoms with Crippen LogP contribution in [-0.2, 0) is 23.5 Å². The highest BCUT2D eigenvalue weighted by molar-refractivity contribution is 7.86. The lowest BCUT2D eigenvalue weighted by molar-refractivity contribution is 0.0544. The van der Waals surface area contributed by atoms with Crippen molar-refractivity contribution in [2.45, 2.75) is 128 Å². The molecule has 0 bridgehead atoms. The molecule has 8 atom stereocenters. The Morgan fingerprint density at radius 1 is 1.12 bits per heavy atom. The number of rotatable bonds is 10. The van der Waals surface area contributed by atoms with Gasteiger partial charge in [0.1, 0.15) is 0 Å². The molecule has 7 heteroatoms. The van der Waals surface area contributed by atoms with Gasteiger partial charge in [0.05, 0.1) is 17.6 Å². The number of hydrogen-bond donors (Lipinski definition) is 0. The second kappa shape index (κ2) is 11.4. The molecule has 0 saturated heterocycles. The van der Waals surface area contributed by atoms with Crippen molar-refractivity contribution in [1.82, 2.24) is 0 Å². The molecule has 4 saturated carbocycles. The van der Waals surface area contributed by atoms with Crippen molar-refractivity contribution in [1.29, 1.82) is 0 Å². The molecule has 0 heterocycles. The Morgan fingerprint density at radius 3 is 2.45 bits per heavy atom. The largest absolute Gasteiger partial charge is 0.414 e. The fourth-order valence-corrected chi connectivity index (χ4v) is 11.3. The first-order valence-corrected chi connectivity index (χ1v) is 20.7. The molecule has 4 fully saturated rings. The van der Waals surface area contributed by atoms with Gasteiger partial charge in [-0.1, -0.05) is 64.0 Å². The lowest BCUT2D eigenvalue weighted by atomic mass is 9.61. The van der Waals surface area contributed by atoms with E-state index < -0.39 is 18.4 Å². The maximum Gasteiger partial charge on any atom is 0.296 e. The van der Waals surface area contributed by atoms with Gasteiger partial charge in [0.15, 0.2) is 8.32 Å². The predicted molar refractivity (Wildman–Crippen MR) is 172 cm³/mol. The number of methoxy groups -OCH3 is 1. The lowest BCUT2D eigenvalue weighted by Crippen LogP contribution is -2.44. The Hall–Kier alpha value is -0.993. The van der Waals surface area contributed by atoms with Gasteiger partial charge in [0, 0.05) is 18.6 Å². The summed E-state index contributed by atoms with van der Waals surface area (Å²) in [6.45, 7) is 18.6. The zero-order chi connectivity index (χ0) is 30.7. The molecule has 0 N–H and O–H groups in total. The smallest absolute Gasteiger partial charge is 0.296 e. The summed E-state index contributed by atoms with van der Waals surface area (Å²) in [5, 5.41) is 0.230. The standard InChI is InChI=1S/C35H56O5SSi/c1-24-12-14-29(15-13-24)41(36,37)39-23-25(2)30-16-17-31-26(11-10-18-34(30,31)6)19-32(38-7)35-21-27(35)20-28(22-35)40-42(8,9)33(3,4)5/h12-15,19,25,27-28,30-32H,10-11,16-18,20-23H2,1-9H3/t25-,27?,28+,30?,31?,32?,34-,35?/m1/s1. The van der Waals surface area contributed by atoms with Gasteiger partial charge in [0.25, 0.3) is 10.1 Å². The Bertz CT molecular complexity index is 1270. The summed E-state index contributed by atoms with van der Waals surface area (Å²) in [6, 6.07) is 6.93. The Kier molecular flexibility index (Phi) is 8.81. The van der Waals surface area contributed by atoms with Gasteiger partial charge in [-0.3, -0.25) is 4.18 Å². The number of benzene rings is 1. The van der Waals surface area contributed by atoms with E-state index in [0.717, 1.165) is 24.8 Å². The molecule has 5 rings (SSSR count). The number of ether oxygens (including phenoxy) is 1. The van der Waals surface area contributed by atoms with Gasteiger partial charge < -0.3 is 9.16 Å². The average molecular weight is 617 g/mol. The van der Waals surface area contributed by atoms with E-state index >= 15 is 0 Å². The molecular weight excluding hydrogens is 561 g/mol. The molecule has 1 aromatic carbocycles. The maximum absolute atomic E-state index is 12.9. The molecule has 4 aliphatic carbocycles. The maximum atomic E-state index is 12.9. The first-order chi connectivity index (χ1) is 19.5. The van der Waals surface area contributed by atoms with Gasteiger partial charge in [-0.15, -0.1) is 0 Å². The highest BCUT2D eigenvalue weighted by atomic mass is 32.2. The average Bonchev–Trinajstić information content (AvgIpc) is 3.27. The van der Waals surface area contributed by atoms with Crippen LogP contribution < -0.4 is 0 Å². The van der Waals surface area contributed by atoms with E-state index in [1.165, 1.54) is 32.1 Å². The van der Waals surface area contributed by atoms with Crippen LogP contribution >= 0.6 is 0 Å². The molecule has 5 unspecified atom stereocenters. The van der Waals surface area contributed by atoms with Crippen LogP contribution in [0, 0.1) is 41.4 Å². The topological polar surface area (TPSA) is 61.8 Å². The fourth-order valence-electron chi connectivity index (χ4n) is 8.90. The number of fused-ring (bicyclic) bond motifs is 2. The summed E-state index contributed by atoms with van der Waals surface area (Å²) >= 11 is 0. The minimum Gasteiger partial charge on any atom is -0.414 e. The number of allylic oxidation sites excluding steroid dienone is 1. The van der Waals surface area contributed by atoms with E-state index in [1.807, 2.05) is 26.2 Å². The molecular formula is C35H56O5SSi. The first-order valence-electron chi connectivity index (χ1n) is 16.4. The van der Waals surface area contributed by atoms with E-state index in [9.17, 15) is 8.42 Å². The van der Waals surface area contributed by atoms with Crippen LogP contribution in [0.15, 0.2) is 40.8 Å². The van der Waals surface area contributed by atoms with Gasteiger partial charge in [-0.25, -0.2) is 0 Å². The normalized spacial score (nSPS) is 35.6. The number of hydrogen-bond acceptors (Lipinski definition) is 5. The molecule has 4 aliphatic rings. The summed E-state index contributed by atoms with van der Waals surface area (Å²) in [6.07, 6.45) is 12.5. The third-order valence-electron chi connectivity index (χ3n) is 12.4. The van der Waals surface area contributed by atoms with Crippen LogP contribution in [0.4, 0.5) is 0 Å². The van der Waals surface area contributed by atoms with Crippen LogP contribution in [0.3, 0.4) is 0 Å². The summed E-state index contributed by atoms with van der Waals surface area (Å²) in [5.41, 5.74) is 3.04. The van der Waals surface area contributed by atoms with Crippen molar-refractivity contribution in [2.75, 3.05) is 13.7 Å². The summed E-state index contributed by atoms with van der Waals surface area (Å²) < 4.78 is 44.6. The number of aryl methyl sites for hydroxylation is 1. The quantitative estimate of drug-likeness (QED) is 0.150. The molecule has 0 amide bonds. The van der Waals surface area contributed by atoms with Crippen molar-refractivity contribution >= 4 is 18.4 Å². The van der Waals surface area contributed by atoms with E-state index in [1.54, 1.807) is 17.7 Å². The zero-order valence-corrected chi connectivity index (χ0v) is 29.5. The van der Waals surface area contributed by atoms with Crippen molar-refractivity contribution in [3.8, 4) is 0 Å². The molecule has 0 spiro atoms. The monoisotopic (exact) mass is 616 g/mol. The molecule has 0 aromatic heterocycles. The van der Waals surface area contributed by atoms with Gasteiger partial charge >= 0.3 is 0 Å². The molecule has 1 aromatic rings. The lowest BCUT2D eigenvalue weighted by Gasteiger charge is -2.44. The molecule has 0 aliphatic heterocycles. The van der Waals surface area contributed by atoms with Gasteiger partial charge in [-0.2, -0.15) is 8.42 Å². The summed E-state index contributed by atoms with van der Waals surface area (Å²) in [5.74, 6) is 1.88. The van der Waals surface area contributed by atoms with Crippen LogP contribution in [0.2, 0.25) is 18.1 Å². The van der Waals surface area contributed by atoms with E-state index in [4.69, 9.17) is 13.3 Å². The summed E-state index contributed by atoms with van der Waals surface area (Å²) in [4.78, 5) is 0.242. The van der Waals surface area contributed by atoms with Gasteiger partial charge in [-0.05, 0) is 118 Å².